The van der Waals surface area contributed by atoms with Crippen LogP contribution in [-0.4, -0.2) is 56.3 Å². The molecular formula is C48H84NO10P. The van der Waals surface area contributed by atoms with Gasteiger partial charge in [-0.25, -0.2) is 4.57 Å². The molecule has 346 valence electrons. The normalized spacial score (nSPS) is 13.1. The second-order valence-electron chi connectivity index (χ2n) is 16.8. The lowest BCUT2D eigenvalue weighted by molar-refractivity contribution is -0.161. The van der Waals surface area contributed by atoms with Crippen molar-refractivity contribution in [2.75, 3.05) is 33.4 Å². The van der Waals surface area contributed by atoms with E-state index in [0.717, 1.165) is 101 Å². The number of furan rings is 2. The van der Waals surface area contributed by atoms with Crippen LogP contribution in [0, 0.1) is 27.7 Å². The lowest BCUT2D eigenvalue weighted by Gasteiger charge is -2.20. The number of hydrogen-bond donors (Lipinski definition) is 2. The average molecular weight is 866 g/mol. The highest BCUT2D eigenvalue weighted by Crippen LogP contribution is 2.43. The van der Waals surface area contributed by atoms with Crippen LogP contribution in [0.5, 0.6) is 0 Å². The standard InChI is InChI=1S/C48H84NO10P/c1-8-10-22-28-43-38(3)40(5)45(58-43)30-24-18-14-12-13-15-20-26-32-47(50)54-36-42(37-56-60(52,53)55-35-34-49-7)57-48(51)33-27-21-17-16-19-25-31-46-41(6)39(4)44(59-46)29-23-11-9-2/h42,49H,8-37H2,1-7H3,(H,52,53)/t42-/m1/s1. The second kappa shape index (κ2) is 32.3. The molecule has 0 aromatic carbocycles. The molecule has 0 spiro atoms. The van der Waals surface area contributed by atoms with Gasteiger partial charge in [0.05, 0.1) is 13.2 Å². The van der Waals surface area contributed by atoms with E-state index >= 15 is 0 Å². The van der Waals surface area contributed by atoms with Crippen molar-refractivity contribution in [3.8, 4) is 0 Å². The Hall–Kier alpha value is -2.43. The Bertz CT molecular complexity index is 1500. The molecule has 0 aliphatic carbocycles. The summed E-state index contributed by atoms with van der Waals surface area (Å²) < 4.78 is 45.9. The molecule has 60 heavy (non-hydrogen) atoms. The van der Waals surface area contributed by atoms with E-state index in [1.807, 2.05) is 0 Å². The predicted octanol–water partition coefficient (Wildman–Crippen LogP) is 12.4. The summed E-state index contributed by atoms with van der Waals surface area (Å²) in [6.07, 6.45) is 25.1. The molecule has 2 aromatic rings. The van der Waals surface area contributed by atoms with Gasteiger partial charge in [0.25, 0.3) is 0 Å². The van der Waals surface area contributed by atoms with Crippen LogP contribution < -0.4 is 5.32 Å². The summed E-state index contributed by atoms with van der Waals surface area (Å²) in [4.78, 5) is 35.4. The molecule has 2 rings (SSSR count). The SMILES string of the molecule is CCCCCc1oc(CCCCCCCCCCC(=O)OC[C@H](COP(=O)(O)OCCNC)OC(=O)CCCCCCCCc2oc(CCCCC)c(C)c2C)c(C)c1C. The minimum Gasteiger partial charge on any atom is -0.466 e. The molecule has 2 atom stereocenters. The van der Waals surface area contributed by atoms with Gasteiger partial charge in [-0.1, -0.05) is 104 Å². The zero-order valence-corrected chi connectivity index (χ0v) is 39.8. The first-order valence-electron chi connectivity index (χ1n) is 23.7. The van der Waals surface area contributed by atoms with Crippen molar-refractivity contribution < 1.29 is 46.4 Å². The Morgan fingerprint density at radius 3 is 1.37 bits per heavy atom. The van der Waals surface area contributed by atoms with Gasteiger partial charge in [-0.3, -0.25) is 18.6 Å². The number of aryl methyl sites for hydroxylation is 4. The van der Waals surface area contributed by atoms with Crippen LogP contribution in [0.3, 0.4) is 0 Å². The number of phosphoric ester groups is 1. The van der Waals surface area contributed by atoms with Crippen LogP contribution in [0.15, 0.2) is 8.83 Å². The fourth-order valence-corrected chi connectivity index (χ4v) is 8.19. The van der Waals surface area contributed by atoms with E-state index in [4.69, 9.17) is 27.4 Å². The lowest BCUT2D eigenvalue weighted by atomic mass is 10.0. The van der Waals surface area contributed by atoms with Gasteiger partial charge in [0, 0.05) is 45.1 Å². The number of rotatable bonds is 38. The average Bonchev–Trinajstić information content (AvgIpc) is 3.65. The minimum atomic E-state index is -4.38. The topological polar surface area (TPSA) is 147 Å². The lowest BCUT2D eigenvalue weighted by Crippen LogP contribution is -2.29. The van der Waals surface area contributed by atoms with E-state index < -0.39 is 32.5 Å². The fraction of sp³-hybridized carbons (Fsp3) is 0.792. The van der Waals surface area contributed by atoms with Gasteiger partial charge < -0.3 is 28.5 Å². The molecule has 0 bridgehead atoms. The Balaban J connectivity index is 1.63. The number of ether oxygens (including phenoxy) is 2. The third kappa shape index (κ3) is 23.1. The third-order valence-corrected chi connectivity index (χ3v) is 12.6. The van der Waals surface area contributed by atoms with Gasteiger partial charge in [-0.05, 0) is 95.5 Å². The van der Waals surface area contributed by atoms with Crippen molar-refractivity contribution >= 4 is 19.8 Å². The van der Waals surface area contributed by atoms with Gasteiger partial charge in [0.2, 0.25) is 0 Å². The van der Waals surface area contributed by atoms with E-state index in [-0.39, 0.29) is 26.1 Å². The number of phosphoric acid groups is 1. The van der Waals surface area contributed by atoms with E-state index in [1.54, 1.807) is 7.05 Å². The molecule has 11 nitrogen and oxygen atoms in total. The van der Waals surface area contributed by atoms with Crippen LogP contribution in [0.2, 0.25) is 0 Å². The molecule has 0 aliphatic rings. The van der Waals surface area contributed by atoms with Gasteiger partial charge in [0.1, 0.15) is 29.6 Å². The summed E-state index contributed by atoms with van der Waals surface area (Å²) in [5.41, 5.74) is 5.26. The highest BCUT2D eigenvalue weighted by atomic mass is 31.2. The molecule has 0 saturated carbocycles. The molecule has 2 heterocycles. The van der Waals surface area contributed by atoms with Crippen molar-refractivity contribution in [3.05, 3.63) is 45.3 Å². The molecule has 12 heteroatoms. The van der Waals surface area contributed by atoms with Crippen molar-refractivity contribution in [1.29, 1.82) is 0 Å². The third-order valence-electron chi connectivity index (χ3n) is 11.6. The second-order valence-corrected chi connectivity index (χ2v) is 18.2. The van der Waals surface area contributed by atoms with Crippen molar-refractivity contribution in [2.45, 2.75) is 215 Å². The summed E-state index contributed by atoms with van der Waals surface area (Å²) in [7, 11) is -2.68. The van der Waals surface area contributed by atoms with Crippen LogP contribution in [0.4, 0.5) is 0 Å². The Morgan fingerprint density at radius 2 is 0.950 bits per heavy atom. The number of hydrogen-bond acceptors (Lipinski definition) is 10. The summed E-state index contributed by atoms with van der Waals surface area (Å²) in [6, 6.07) is 0. The van der Waals surface area contributed by atoms with Crippen molar-refractivity contribution in [1.82, 2.24) is 5.32 Å². The van der Waals surface area contributed by atoms with E-state index in [0.29, 0.717) is 19.4 Å². The Labute approximate surface area is 363 Å². The number of unbranched alkanes of at least 4 members (excludes halogenated alkanes) is 16. The number of esters is 2. The molecular weight excluding hydrogens is 781 g/mol. The highest BCUT2D eigenvalue weighted by Gasteiger charge is 2.26. The largest absolute Gasteiger partial charge is 0.472 e. The Morgan fingerprint density at radius 1 is 0.567 bits per heavy atom. The highest BCUT2D eigenvalue weighted by molar-refractivity contribution is 7.47. The van der Waals surface area contributed by atoms with E-state index in [1.165, 1.54) is 85.8 Å². The van der Waals surface area contributed by atoms with Gasteiger partial charge >= 0.3 is 19.8 Å². The maximum atomic E-state index is 12.8. The van der Waals surface area contributed by atoms with E-state index in [2.05, 4.69) is 46.9 Å². The zero-order valence-electron chi connectivity index (χ0n) is 38.9. The molecule has 0 radical (unpaired) electrons. The quantitative estimate of drug-likeness (QED) is 0.0378. The fourth-order valence-electron chi connectivity index (χ4n) is 7.44. The van der Waals surface area contributed by atoms with Crippen LogP contribution in [0.25, 0.3) is 0 Å². The predicted molar refractivity (Wildman–Crippen MR) is 241 cm³/mol. The molecule has 0 saturated heterocycles. The maximum absolute atomic E-state index is 12.8. The summed E-state index contributed by atoms with van der Waals surface area (Å²) >= 11 is 0. The van der Waals surface area contributed by atoms with Crippen LogP contribution in [-0.2, 0) is 58.4 Å². The first-order chi connectivity index (χ1) is 28.9. The van der Waals surface area contributed by atoms with Gasteiger partial charge in [-0.15, -0.1) is 0 Å². The molecule has 0 fully saturated rings. The first kappa shape index (κ1) is 53.7. The Kier molecular flexibility index (Phi) is 28.9. The van der Waals surface area contributed by atoms with Crippen molar-refractivity contribution in [3.63, 3.8) is 0 Å². The van der Waals surface area contributed by atoms with Crippen LogP contribution in [0.1, 0.15) is 200 Å². The number of carbonyl (C=O) groups is 2. The van der Waals surface area contributed by atoms with Gasteiger partial charge in [0.15, 0.2) is 6.10 Å². The summed E-state index contributed by atoms with van der Waals surface area (Å²) in [5, 5.41) is 2.83. The molecule has 2 N–H and O–H groups in total. The number of likely N-dealkylation sites (N-methyl/N-ethyl adjacent to an activating group) is 1. The van der Waals surface area contributed by atoms with Crippen molar-refractivity contribution in [2.24, 2.45) is 0 Å². The summed E-state index contributed by atoms with van der Waals surface area (Å²) in [5.74, 6) is 3.76. The van der Waals surface area contributed by atoms with Gasteiger partial charge in [-0.2, -0.15) is 0 Å². The minimum absolute atomic E-state index is 0.0306. The monoisotopic (exact) mass is 866 g/mol. The maximum Gasteiger partial charge on any atom is 0.472 e. The van der Waals surface area contributed by atoms with E-state index in [9.17, 15) is 19.0 Å². The number of carbonyl (C=O) groups excluding carboxylic acids is 2. The first-order valence-corrected chi connectivity index (χ1v) is 25.2. The number of nitrogens with one attached hydrogen (secondary N) is 1. The summed E-state index contributed by atoms with van der Waals surface area (Å²) in [6.45, 7) is 12.8. The molecule has 0 aliphatic heterocycles. The molecule has 0 amide bonds. The van der Waals surface area contributed by atoms with Crippen LogP contribution >= 0.6 is 7.82 Å². The zero-order chi connectivity index (χ0) is 44.0. The molecule has 1 unspecified atom stereocenters. The smallest absolute Gasteiger partial charge is 0.466 e. The molecule has 2 aromatic heterocycles.